The van der Waals surface area contributed by atoms with Gasteiger partial charge in [0.05, 0.1) is 23.5 Å². The second-order valence-electron chi connectivity index (χ2n) is 7.90. The van der Waals surface area contributed by atoms with Gasteiger partial charge in [-0.1, -0.05) is 30.3 Å². The van der Waals surface area contributed by atoms with Crippen LogP contribution in [0, 0.1) is 13.8 Å². The SMILES string of the molecule is CNC(=O)c1c2c(cn(Cc3ccccc3)c1=O)CN(C(=O)c1c(C)ncnc1C)CC2. The third kappa shape index (κ3) is 3.91. The molecule has 0 atom stereocenters. The Kier molecular flexibility index (Phi) is 5.85. The number of amides is 2. The number of hydrogen-bond donors (Lipinski definition) is 1. The van der Waals surface area contributed by atoms with Crippen molar-refractivity contribution < 1.29 is 9.59 Å². The molecule has 1 N–H and O–H groups in total. The van der Waals surface area contributed by atoms with E-state index in [-0.39, 0.29) is 17.0 Å². The summed E-state index contributed by atoms with van der Waals surface area (Å²) in [7, 11) is 1.52. The number of pyridine rings is 1. The molecule has 0 aliphatic carbocycles. The number of aromatic nitrogens is 3. The van der Waals surface area contributed by atoms with Gasteiger partial charge >= 0.3 is 0 Å². The first-order chi connectivity index (χ1) is 15.4. The summed E-state index contributed by atoms with van der Waals surface area (Å²) in [6.07, 6.45) is 3.65. The molecule has 32 heavy (non-hydrogen) atoms. The first kappa shape index (κ1) is 21.4. The monoisotopic (exact) mass is 431 g/mol. The predicted octanol–water partition coefficient (Wildman–Crippen LogP) is 1.86. The second-order valence-corrected chi connectivity index (χ2v) is 7.90. The molecule has 0 radical (unpaired) electrons. The van der Waals surface area contributed by atoms with Gasteiger partial charge in [0.25, 0.3) is 17.4 Å². The fourth-order valence-corrected chi connectivity index (χ4v) is 4.20. The Hall–Kier alpha value is -3.81. The Balaban J connectivity index is 1.75. The van der Waals surface area contributed by atoms with E-state index in [0.29, 0.717) is 48.6 Å². The maximum Gasteiger partial charge on any atom is 0.264 e. The van der Waals surface area contributed by atoms with Gasteiger partial charge in [-0.05, 0) is 37.0 Å². The molecule has 3 heterocycles. The van der Waals surface area contributed by atoms with Gasteiger partial charge in [0, 0.05) is 26.3 Å². The minimum absolute atomic E-state index is 0.145. The zero-order valence-corrected chi connectivity index (χ0v) is 18.4. The summed E-state index contributed by atoms with van der Waals surface area (Å²) >= 11 is 0. The molecule has 1 aromatic carbocycles. The predicted molar refractivity (Wildman–Crippen MR) is 120 cm³/mol. The van der Waals surface area contributed by atoms with Gasteiger partial charge in [0.15, 0.2) is 0 Å². The van der Waals surface area contributed by atoms with Crippen LogP contribution in [-0.4, -0.2) is 44.8 Å². The van der Waals surface area contributed by atoms with E-state index in [0.717, 1.165) is 11.1 Å². The zero-order valence-electron chi connectivity index (χ0n) is 18.4. The zero-order chi connectivity index (χ0) is 22.8. The summed E-state index contributed by atoms with van der Waals surface area (Å²) < 4.78 is 1.55. The van der Waals surface area contributed by atoms with Crippen LogP contribution in [-0.2, 0) is 19.5 Å². The number of nitrogens with one attached hydrogen (secondary N) is 1. The third-order valence-electron chi connectivity index (χ3n) is 5.85. The molecule has 1 aliphatic rings. The van der Waals surface area contributed by atoms with Crippen LogP contribution < -0.4 is 10.9 Å². The lowest BCUT2D eigenvalue weighted by Crippen LogP contribution is -2.41. The number of nitrogens with zero attached hydrogens (tertiary/aromatic N) is 4. The van der Waals surface area contributed by atoms with E-state index in [4.69, 9.17) is 0 Å². The van der Waals surface area contributed by atoms with Crippen molar-refractivity contribution in [2.45, 2.75) is 33.4 Å². The Morgan fingerprint density at radius 3 is 2.41 bits per heavy atom. The van der Waals surface area contributed by atoms with Gasteiger partial charge in [-0.3, -0.25) is 14.4 Å². The molecule has 2 amide bonds. The molecular formula is C24H25N5O3. The van der Waals surface area contributed by atoms with Crippen molar-refractivity contribution in [3.8, 4) is 0 Å². The third-order valence-corrected chi connectivity index (χ3v) is 5.85. The number of carbonyl (C=O) groups is 2. The van der Waals surface area contributed by atoms with Crippen LogP contribution in [0.25, 0.3) is 0 Å². The van der Waals surface area contributed by atoms with Gasteiger partial charge in [-0.15, -0.1) is 0 Å². The summed E-state index contributed by atoms with van der Waals surface area (Å²) in [5.41, 5.74) is 4.06. The molecule has 4 rings (SSSR count). The molecule has 8 heteroatoms. The maximum absolute atomic E-state index is 13.3. The molecule has 8 nitrogen and oxygen atoms in total. The van der Waals surface area contributed by atoms with Gasteiger partial charge in [-0.25, -0.2) is 9.97 Å². The summed E-state index contributed by atoms with van der Waals surface area (Å²) in [6.45, 7) is 4.64. The van der Waals surface area contributed by atoms with Crippen LogP contribution in [0.5, 0.6) is 0 Å². The highest BCUT2D eigenvalue weighted by Crippen LogP contribution is 2.24. The number of benzene rings is 1. The lowest BCUT2D eigenvalue weighted by Gasteiger charge is -2.31. The van der Waals surface area contributed by atoms with Crippen LogP contribution in [0.3, 0.4) is 0 Å². The Morgan fingerprint density at radius 2 is 1.75 bits per heavy atom. The van der Waals surface area contributed by atoms with Crippen LogP contribution in [0.4, 0.5) is 0 Å². The van der Waals surface area contributed by atoms with Crippen molar-refractivity contribution in [3.05, 3.63) is 92.4 Å². The van der Waals surface area contributed by atoms with E-state index >= 15 is 0 Å². The summed E-state index contributed by atoms with van der Waals surface area (Å²) in [5.74, 6) is -0.551. The molecule has 0 spiro atoms. The summed E-state index contributed by atoms with van der Waals surface area (Å²) in [4.78, 5) is 49.1. The lowest BCUT2D eigenvalue weighted by molar-refractivity contribution is 0.0731. The molecular weight excluding hydrogens is 406 g/mol. The van der Waals surface area contributed by atoms with E-state index in [1.54, 1.807) is 29.5 Å². The van der Waals surface area contributed by atoms with Crippen molar-refractivity contribution in [1.82, 2.24) is 24.8 Å². The van der Waals surface area contributed by atoms with Crippen molar-refractivity contribution >= 4 is 11.8 Å². The normalized spacial score (nSPS) is 12.9. The van der Waals surface area contributed by atoms with E-state index < -0.39 is 5.91 Å². The highest BCUT2D eigenvalue weighted by atomic mass is 16.2. The van der Waals surface area contributed by atoms with Crippen molar-refractivity contribution in [2.24, 2.45) is 0 Å². The number of carbonyl (C=O) groups excluding carboxylic acids is 2. The molecule has 2 aromatic heterocycles. The summed E-state index contributed by atoms with van der Waals surface area (Å²) in [5, 5.41) is 2.59. The topological polar surface area (TPSA) is 97.2 Å². The molecule has 0 unspecified atom stereocenters. The highest BCUT2D eigenvalue weighted by molar-refractivity contribution is 5.97. The quantitative estimate of drug-likeness (QED) is 0.680. The summed E-state index contributed by atoms with van der Waals surface area (Å²) in [6, 6.07) is 9.59. The number of rotatable bonds is 4. The molecule has 164 valence electrons. The lowest BCUT2D eigenvalue weighted by atomic mass is 9.95. The first-order valence-electron chi connectivity index (χ1n) is 10.5. The number of aryl methyl sites for hydroxylation is 2. The van der Waals surface area contributed by atoms with Crippen molar-refractivity contribution in [2.75, 3.05) is 13.6 Å². The Morgan fingerprint density at radius 1 is 1.06 bits per heavy atom. The largest absolute Gasteiger partial charge is 0.355 e. The molecule has 1 aliphatic heterocycles. The number of hydrogen-bond acceptors (Lipinski definition) is 5. The van der Waals surface area contributed by atoms with Crippen LogP contribution >= 0.6 is 0 Å². The molecule has 0 saturated carbocycles. The van der Waals surface area contributed by atoms with Crippen molar-refractivity contribution in [3.63, 3.8) is 0 Å². The van der Waals surface area contributed by atoms with E-state index in [1.807, 2.05) is 30.3 Å². The molecule has 0 bridgehead atoms. The van der Waals surface area contributed by atoms with Gasteiger partial charge in [0.2, 0.25) is 0 Å². The minimum atomic E-state index is -0.406. The molecule has 0 saturated heterocycles. The van der Waals surface area contributed by atoms with Gasteiger partial charge < -0.3 is 14.8 Å². The van der Waals surface area contributed by atoms with Crippen LogP contribution in [0.1, 0.15) is 48.8 Å². The van der Waals surface area contributed by atoms with E-state index in [9.17, 15) is 14.4 Å². The maximum atomic E-state index is 13.3. The fraction of sp³-hybridized carbons (Fsp3) is 0.292. The van der Waals surface area contributed by atoms with E-state index in [2.05, 4.69) is 15.3 Å². The molecule has 3 aromatic rings. The van der Waals surface area contributed by atoms with Crippen LogP contribution in [0.15, 0.2) is 47.7 Å². The smallest absolute Gasteiger partial charge is 0.264 e. The Bertz CT molecular complexity index is 1230. The second kappa shape index (κ2) is 8.74. The Labute approximate surface area is 185 Å². The number of fused-ring (bicyclic) bond motifs is 1. The standard InChI is InChI=1S/C24H25N5O3/c1-15-20(16(2)27-14-26-15)23(31)28-10-9-19-18(12-28)13-29(11-17-7-5-4-6-8-17)24(32)21(19)22(30)25-3/h4-8,13-14H,9-12H2,1-3H3,(H,25,30). The van der Waals surface area contributed by atoms with Crippen molar-refractivity contribution in [1.29, 1.82) is 0 Å². The van der Waals surface area contributed by atoms with Gasteiger partial charge in [0.1, 0.15) is 11.9 Å². The van der Waals surface area contributed by atoms with Gasteiger partial charge in [-0.2, -0.15) is 0 Å². The fourth-order valence-electron chi connectivity index (χ4n) is 4.20. The molecule has 0 fully saturated rings. The minimum Gasteiger partial charge on any atom is -0.355 e. The van der Waals surface area contributed by atoms with Crippen LogP contribution in [0.2, 0.25) is 0 Å². The highest BCUT2D eigenvalue weighted by Gasteiger charge is 2.29. The first-order valence-corrected chi connectivity index (χ1v) is 10.5. The van der Waals surface area contributed by atoms with E-state index in [1.165, 1.54) is 13.4 Å². The average molecular weight is 431 g/mol. The average Bonchev–Trinajstić information content (AvgIpc) is 2.79.